The van der Waals surface area contributed by atoms with Crippen LogP contribution in [0.2, 0.25) is 0 Å². The molecule has 17 nitrogen and oxygen atoms in total. The Bertz CT molecular complexity index is 1940. The number of aliphatic hydroxyl groups is 1. The number of ether oxygens (including phenoxy) is 4. The molecule has 100 heavy (non-hydrogen) atoms. The highest BCUT2D eigenvalue weighted by Crippen LogP contribution is 2.45. The normalized spacial score (nSPS) is 14.5. The van der Waals surface area contributed by atoms with Gasteiger partial charge in [0.1, 0.15) is 19.3 Å². The Morgan fingerprint density at radius 3 is 0.760 bits per heavy atom. The van der Waals surface area contributed by atoms with E-state index in [9.17, 15) is 43.2 Å². The lowest BCUT2D eigenvalue weighted by molar-refractivity contribution is -0.161. The van der Waals surface area contributed by atoms with Crippen molar-refractivity contribution in [1.29, 1.82) is 0 Å². The molecule has 0 saturated carbocycles. The standard InChI is InChI=1S/C81H158O17P2/c1-8-11-12-13-14-15-16-21-25-34-41-48-55-62-78(83)91-68-77(98-81(86)65-58-51-44-37-30-28-33-40-47-54-61-74(7)10-3)71-96-100(89,90)94-67-75(82)66-93-99(87,88)95-70-76(69-92-79(84)63-56-49-42-35-29-27-32-39-46-53-60-73(6)9-2)97-80(85)64-57-50-43-36-26-23-20-18-17-19-22-24-31-38-45-52-59-72(4)5/h72-77,82H,8-71H2,1-7H3,(H,87,88)(H,89,90)/t73?,74?,75-,76-,77-/m1/s1. The van der Waals surface area contributed by atoms with Crippen LogP contribution >= 0.6 is 15.6 Å². The van der Waals surface area contributed by atoms with Gasteiger partial charge in [0.05, 0.1) is 26.4 Å². The second kappa shape index (κ2) is 71.3. The molecule has 0 aromatic carbocycles. The van der Waals surface area contributed by atoms with Crippen LogP contribution < -0.4 is 0 Å². The van der Waals surface area contributed by atoms with Crippen molar-refractivity contribution in [1.82, 2.24) is 0 Å². The molecule has 0 aromatic heterocycles. The highest BCUT2D eigenvalue weighted by atomic mass is 31.2. The summed E-state index contributed by atoms with van der Waals surface area (Å²) in [5.74, 6) is 0.313. The number of aliphatic hydroxyl groups excluding tert-OH is 1. The topological polar surface area (TPSA) is 237 Å². The van der Waals surface area contributed by atoms with Crippen molar-refractivity contribution < 1.29 is 80.2 Å². The zero-order chi connectivity index (χ0) is 73.7. The quantitative estimate of drug-likeness (QED) is 0.0222. The van der Waals surface area contributed by atoms with Gasteiger partial charge < -0.3 is 33.8 Å². The minimum absolute atomic E-state index is 0.107. The van der Waals surface area contributed by atoms with E-state index in [4.69, 9.17) is 37.0 Å². The highest BCUT2D eigenvalue weighted by molar-refractivity contribution is 7.47. The Kier molecular flexibility index (Phi) is 69.9. The first-order valence-corrected chi connectivity index (χ1v) is 44.9. The fourth-order valence-electron chi connectivity index (χ4n) is 12.4. The average Bonchev–Trinajstić information content (AvgIpc) is 1.12. The van der Waals surface area contributed by atoms with Crippen LogP contribution in [0.1, 0.15) is 421 Å². The second-order valence-corrected chi connectivity index (χ2v) is 33.0. The van der Waals surface area contributed by atoms with Crippen LogP contribution in [-0.4, -0.2) is 96.7 Å². The van der Waals surface area contributed by atoms with Crippen molar-refractivity contribution in [2.45, 2.75) is 439 Å². The van der Waals surface area contributed by atoms with E-state index in [2.05, 4.69) is 48.5 Å². The summed E-state index contributed by atoms with van der Waals surface area (Å²) in [4.78, 5) is 73.1. The maximum atomic E-state index is 13.1. The summed E-state index contributed by atoms with van der Waals surface area (Å²) in [5.41, 5.74) is 0. The largest absolute Gasteiger partial charge is 0.472 e. The summed E-state index contributed by atoms with van der Waals surface area (Å²) in [5, 5.41) is 10.6. The van der Waals surface area contributed by atoms with Crippen LogP contribution in [0, 0.1) is 17.8 Å². The van der Waals surface area contributed by atoms with Crippen LogP contribution in [0.5, 0.6) is 0 Å². The maximum Gasteiger partial charge on any atom is 0.472 e. The van der Waals surface area contributed by atoms with Gasteiger partial charge in [-0.25, -0.2) is 9.13 Å². The molecule has 3 N–H and O–H groups in total. The van der Waals surface area contributed by atoms with E-state index in [0.717, 1.165) is 108 Å². The molecule has 4 unspecified atom stereocenters. The molecule has 0 aliphatic rings. The summed E-state index contributed by atoms with van der Waals surface area (Å²) in [6, 6.07) is 0. The first-order chi connectivity index (χ1) is 48.3. The Balaban J connectivity index is 5.27. The first kappa shape index (κ1) is 98.1. The van der Waals surface area contributed by atoms with E-state index in [1.54, 1.807) is 0 Å². The van der Waals surface area contributed by atoms with E-state index < -0.39 is 97.5 Å². The molecule has 0 saturated heterocycles. The fourth-order valence-corrected chi connectivity index (χ4v) is 14.0. The van der Waals surface area contributed by atoms with Crippen molar-refractivity contribution in [2.75, 3.05) is 39.6 Å². The molecule has 594 valence electrons. The predicted octanol–water partition coefficient (Wildman–Crippen LogP) is 24.1. The molecular weight excluding hydrogens is 1310 g/mol. The summed E-state index contributed by atoms with van der Waals surface area (Å²) < 4.78 is 68.8. The molecule has 0 aromatic rings. The van der Waals surface area contributed by atoms with Gasteiger partial charge in [0.25, 0.3) is 0 Å². The third kappa shape index (κ3) is 71.7. The number of phosphoric ester groups is 2. The number of phosphoric acid groups is 2. The van der Waals surface area contributed by atoms with Crippen molar-refractivity contribution in [2.24, 2.45) is 17.8 Å². The molecule has 0 spiro atoms. The van der Waals surface area contributed by atoms with Crippen molar-refractivity contribution in [3.63, 3.8) is 0 Å². The summed E-state index contributed by atoms with van der Waals surface area (Å²) >= 11 is 0. The van der Waals surface area contributed by atoms with Gasteiger partial charge in [0.2, 0.25) is 0 Å². The molecule has 0 fully saturated rings. The molecule has 0 radical (unpaired) electrons. The van der Waals surface area contributed by atoms with Crippen LogP contribution in [-0.2, 0) is 65.4 Å². The van der Waals surface area contributed by atoms with Gasteiger partial charge in [-0.05, 0) is 43.4 Å². The van der Waals surface area contributed by atoms with Gasteiger partial charge in [-0.15, -0.1) is 0 Å². The number of carbonyl (C=O) groups excluding carboxylic acids is 4. The Morgan fingerprint density at radius 1 is 0.290 bits per heavy atom. The zero-order valence-corrected chi connectivity index (χ0v) is 67.5. The summed E-state index contributed by atoms with van der Waals surface area (Å²) in [6.45, 7) is 12.0. The van der Waals surface area contributed by atoms with Crippen molar-refractivity contribution >= 4 is 39.5 Å². The smallest absolute Gasteiger partial charge is 0.462 e. The molecule has 19 heteroatoms. The number of carbonyl (C=O) groups is 4. The first-order valence-electron chi connectivity index (χ1n) is 41.9. The van der Waals surface area contributed by atoms with Gasteiger partial charge in [-0.1, -0.05) is 370 Å². The van der Waals surface area contributed by atoms with Gasteiger partial charge in [0.15, 0.2) is 12.2 Å². The predicted molar refractivity (Wildman–Crippen MR) is 409 cm³/mol. The summed E-state index contributed by atoms with van der Waals surface area (Å²) in [6.07, 6.45) is 59.4. The fraction of sp³-hybridized carbons (Fsp3) is 0.951. The van der Waals surface area contributed by atoms with E-state index in [-0.39, 0.29) is 25.7 Å². The third-order valence-corrected chi connectivity index (χ3v) is 21.5. The number of esters is 4. The van der Waals surface area contributed by atoms with Crippen LogP contribution in [0.25, 0.3) is 0 Å². The number of hydrogen-bond acceptors (Lipinski definition) is 15. The molecule has 0 bridgehead atoms. The molecule has 0 rings (SSSR count). The van der Waals surface area contributed by atoms with Crippen LogP contribution in [0.15, 0.2) is 0 Å². The van der Waals surface area contributed by atoms with E-state index >= 15 is 0 Å². The summed E-state index contributed by atoms with van der Waals surface area (Å²) in [7, 11) is -9.92. The van der Waals surface area contributed by atoms with Gasteiger partial charge in [-0.2, -0.15) is 0 Å². The van der Waals surface area contributed by atoms with E-state index in [0.29, 0.717) is 25.7 Å². The second-order valence-electron chi connectivity index (χ2n) is 30.1. The molecule has 0 heterocycles. The van der Waals surface area contributed by atoms with Crippen LogP contribution in [0.3, 0.4) is 0 Å². The Hall–Kier alpha value is -1.94. The van der Waals surface area contributed by atoms with Gasteiger partial charge >= 0.3 is 39.5 Å². The Labute approximate surface area is 613 Å². The number of unbranched alkanes of at least 4 members (excludes halogenated alkanes) is 45. The molecule has 7 atom stereocenters. The lowest BCUT2D eigenvalue weighted by atomic mass is 9.99. The number of rotatable bonds is 79. The lowest BCUT2D eigenvalue weighted by Gasteiger charge is -2.21. The SMILES string of the molecule is CCCCCCCCCCCCCCCC(=O)OC[C@H](COP(=O)(O)OC[C@H](O)COP(=O)(O)OC[C@@H](COC(=O)CCCCCCCCCCCCC(C)CC)OC(=O)CCCCCCCCCCCCCCCCCCC(C)C)OC(=O)CCCCCCCCCCCCC(C)CC. The monoisotopic (exact) mass is 1470 g/mol. The molecule has 0 amide bonds. The minimum Gasteiger partial charge on any atom is -0.462 e. The molecular formula is C81H158O17P2. The van der Waals surface area contributed by atoms with Gasteiger partial charge in [-0.3, -0.25) is 37.3 Å². The highest BCUT2D eigenvalue weighted by Gasteiger charge is 2.30. The minimum atomic E-state index is -4.96. The zero-order valence-electron chi connectivity index (χ0n) is 65.7. The van der Waals surface area contributed by atoms with Crippen LogP contribution in [0.4, 0.5) is 0 Å². The maximum absolute atomic E-state index is 13.1. The molecule has 0 aliphatic heterocycles. The van der Waals surface area contributed by atoms with Gasteiger partial charge in [0, 0.05) is 25.7 Å². The third-order valence-electron chi connectivity index (χ3n) is 19.6. The van der Waals surface area contributed by atoms with E-state index in [1.165, 1.54) is 231 Å². The van der Waals surface area contributed by atoms with Crippen molar-refractivity contribution in [3.05, 3.63) is 0 Å². The number of hydrogen-bond donors (Lipinski definition) is 3. The lowest BCUT2D eigenvalue weighted by Crippen LogP contribution is -2.30. The van der Waals surface area contributed by atoms with Crippen molar-refractivity contribution in [3.8, 4) is 0 Å². The Morgan fingerprint density at radius 2 is 0.510 bits per heavy atom. The van der Waals surface area contributed by atoms with E-state index in [1.807, 2.05) is 0 Å². The average molecular weight is 1470 g/mol. The molecule has 0 aliphatic carbocycles.